The molecule has 0 N–H and O–H groups in total. The normalized spacial score (nSPS) is 11.9. The highest BCUT2D eigenvalue weighted by Crippen LogP contribution is 2.32. The van der Waals surface area contributed by atoms with Crippen LogP contribution in [0.1, 0.15) is 19.3 Å². The van der Waals surface area contributed by atoms with Gasteiger partial charge in [-0.3, -0.25) is 9.69 Å². The summed E-state index contributed by atoms with van der Waals surface area (Å²) < 4.78 is 53.1. The van der Waals surface area contributed by atoms with Gasteiger partial charge >= 0.3 is 0 Å². The Hall–Kier alpha value is -2.14. The summed E-state index contributed by atoms with van der Waals surface area (Å²) in [4.78, 5) is 20.8. The minimum Gasteiger partial charge on any atom is -0.309 e. The van der Waals surface area contributed by atoms with Crippen LogP contribution < -0.4 is 4.90 Å². The lowest BCUT2D eigenvalue weighted by molar-refractivity contribution is -0.118. The van der Waals surface area contributed by atoms with Crippen molar-refractivity contribution in [2.75, 3.05) is 37.8 Å². The second kappa shape index (κ2) is 10.9. The molecule has 2 aromatic carbocycles. The average Bonchev–Trinajstić information content (AvgIpc) is 3.15. The predicted octanol–water partition coefficient (Wildman–Crippen LogP) is 4.77. The Bertz CT molecular complexity index is 1230. The number of sulfone groups is 1. The van der Waals surface area contributed by atoms with Crippen LogP contribution in [0.4, 0.5) is 13.9 Å². The number of fused-ring (bicyclic) bond motifs is 1. The van der Waals surface area contributed by atoms with Crippen LogP contribution in [0.3, 0.4) is 0 Å². The van der Waals surface area contributed by atoms with Crippen LogP contribution in [0.25, 0.3) is 10.2 Å². The number of thiazole rings is 1. The highest BCUT2D eigenvalue weighted by Gasteiger charge is 2.22. The van der Waals surface area contributed by atoms with Crippen molar-refractivity contribution in [1.29, 1.82) is 0 Å². The lowest BCUT2D eigenvalue weighted by atomic mass is 10.3. The highest BCUT2D eigenvalue weighted by molar-refractivity contribution is 7.91. The van der Waals surface area contributed by atoms with Gasteiger partial charge in [0.25, 0.3) is 0 Å². The molecular formula is C22H24ClF2N3O3S2. The Morgan fingerprint density at radius 1 is 1.09 bits per heavy atom. The molecular weight excluding hydrogens is 492 g/mol. The minimum absolute atomic E-state index is 0.00660. The SMILES string of the molecule is CN(C)CCCN(C(=O)CCCS(=O)(=O)c1ccc(Cl)cc1)c1nc2c(F)cc(F)cc2s1. The summed E-state index contributed by atoms with van der Waals surface area (Å²) in [5, 5.41) is 0.698. The lowest BCUT2D eigenvalue weighted by Crippen LogP contribution is -2.33. The molecule has 0 saturated carbocycles. The molecule has 0 aliphatic carbocycles. The molecule has 0 aliphatic rings. The summed E-state index contributed by atoms with van der Waals surface area (Å²) in [6.07, 6.45) is 0.720. The van der Waals surface area contributed by atoms with E-state index in [9.17, 15) is 22.0 Å². The van der Waals surface area contributed by atoms with Gasteiger partial charge in [-0.1, -0.05) is 22.9 Å². The van der Waals surface area contributed by atoms with E-state index >= 15 is 0 Å². The topological polar surface area (TPSA) is 70.6 Å². The molecule has 11 heteroatoms. The standard InChI is InChI=1S/C22H24ClF2N3O3S2/c1-27(2)10-4-11-28(22-26-21-18(25)13-16(24)14-19(21)32-22)20(29)5-3-12-33(30,31)17-8-6-15(23)7-9-17/h6-9,13-14H,3-5,10-12H2,1-2H3. The summed E-state index contributed by atoms with van der Waals surface area (Å²) in [5.74, 6) is -2.03. The van der Waals surface area contributed by atoms with Crippen molar-refractivity contribution in [2.45, 2.75) is 24.2 Å². The van der Waals surface area contributed by atoms with Crippen molar-refractivity contribution in [3.63, 3.8) is 0 Å². The van der Waals surface area contributed by atoms with Crippen LogP contribution in [0, 0.1) is 11.6 Å². The third-order valence-corrected chi connectivity index (χ3v) is 7.99. The molecule has 0 atom stereocenters. The van der Waals surface area contributed by atoms with E-state index in [1.807, 2.05) is 19.0 Å². The van der Waals surface area contributed by atoms with Crippen LogP contribution in [-0.4, -0.2) is 57.1 Å². The third-order valence-electron chi connectivity index (χ3n) is 4.90. The first kappa shape index (κ1) is 25.5. The van der Waals surface area contributed by atoms with Crippen molar-refractivity contribution < 1.29 is 22.0 Å². The number of carbonyl (C=O) groups is 1. The molecule has 1 heterocycles. The summed E-state index contributed by atoms with van der Waals surface area (Å²) in [6, 6.07) is 7.80. The van der Waals surface area contributed by atoms with E-state index in [1.165, 1.54) is 35.2 Å². The summed E-state index contributed by atoms with van der Waals surface area (Å²) >= 11 is 6.84. The quantitative estimate of drug-likeness (QED) is 0.389. The van der Waals surface area contributed by atoms with Gasteiger partial charge in [-0.15, -0.1) is 0 Å². The minimum atomic E-state index is -3.56. The first-order valence-corrected chi connectivity index (χ1v) is 13.1. The molecule has 3 aromatic rings. The van der Waals surface area contributed by atoms with Gasteiger partial charge in [0.2, 0.25) is 5.91 Å². The number of rotatable bonds is 10. The third kappa shape index (κ3) is 6.69. The number of aromatic nitrogens is 1. The molecule has 0 radical (unpaired) electrons. The van der Waals surface area contributed by atoms with E-state index in [0.29, 0.717) is 29.2 Å². The molecule has 0 bridgehead atoms. The maximum Gasteiger partial charge on any atom is 0.228 e. The average molecular weight is 516 g/mol. The first-order chi connectivity index (χ1) is 15.6. The van der Waals surface area contributed by atoms with Gasteiger partial charge in [-0.2, -0.15) is 0 Å². The van der Waals surface area contributed by atoms with Gasteiger partial charge in [0.1, 0.15) is 11.3 Å². The summed E-state index contributed by atoms with van der Waals surface area (Å²) in [6.45, 7) is 1.04. The van der Waals surface area contributed by atoms with Crippen LogP contribution in [-0.2, 0) is 14.6 Å². The smallest absolute Gasteiger partial charge is 0.228 e. The fourth-order valence-electron chi connectivity index (χ4n) is 3.24. The zero-order valence-electron chi connectivity index (χ0n) is 18.2. The van der Waals surface area contributed by atoms with Crippen molar-refractivity contribution >= 4 is 54.0 Å². The van der Waals surface area contributed by atoms with E-state index in [1.54, 1.807) is 0 Å². The van der Waals surface area contributed by atoms with Crippen molar-refractivity contribution in [1.82, 2.24) is 9.88 Å². The maximum absolute atomic E-state index is 14.1. The van der Waals surface area contributed by atoms with E-state index < -0.39 is 21.5 Å². The monoisotopic (exact) mass is 515 g/mol. The fourth-order valence-corrected chi connectivity index (χ4v) is 5.73. The fraction of sp³-hybridized carbons (Fsp3) is 0.364. The van der Waals surface area contributed by atoms with Gasteiger partial charge in [-0.05, 0) is 63.8 Å². The number of benzene rings is 2. The Kier molecular flexibility index (Phi) is 8.38. The molecule has 0 aliphatic heterocycles. The van der Waals surface area contributed by atoms with Crippen molar-refractivity contribution in [3.8, 4) is 0 Å². The molecule has 178 valence electrons. The van der Waals surface area contributed by atoms with E-state index in [0.717, 1.165) is 17.4 Å². The number of amides is 1. The van der Waals surface area contributed by atoms with Gasteiger partial charge in [0, 0.05) is 24.1 Å². The van der Waals surface area contributed by atoms with Gasteiger partial charge in [-0.25, -0.2) is 22.2 Å². The Balaban J connectivity index is 1.74. The van der Waals surface area contributed by atoms with Crippen molar-refractivity contribution in [3.05, 3.63) is 53.1 Å². The van der Waals surface area contributed by atoms with Gasteiger partial charge in [0.05, 0.1) is 15.3 Å². The van der Waals surface area contributed by atoms with Crippen LogP contribution in [0.2, 0.25) is 5.02 Å². The van der Waals surface area contributed by atoms with E-state index in [4.69, 9.17) is 11.6 Å². The number of nitrogens with zero attached hydrogens (tertiary/aromatic N) is 3. The molecule has 3 rings (SSSR count). The number of hydrogen-bond acceptors (Lipinski definition) is 6. The Morgan fingerprint density at radius 2 is 1.79 bits per heavy atom. The summed E-state index contributed by atoms with van der Waals surface area (Å²) in [5.41, 5.74) is 0.00660. The van der Waals surface area contributed by atoms with E-state index in [2.05, 4.69) is 4.98 Å². The maximum atomic E-state index is 14.1. The largest absolute Gasteiger partial charge is 0.309 e. The number of anilines is 1. The van der Waals surface area contributed by atoms with Gasteiger partial charge < -0.3 is 4.90 Å². The van der Waals surface area contributed by atoms with Crippen LogP contribution in [0.15, 0.2) is 41.3 Å². The second-order valence-corrected chi connectivity index (χ2v) is 11.4. The number of halogens is 3. The first-order valence-electron chi connectivity index (χ1n) is 10.3. The van der Waals surface area contributed by atoms with E-state index in [-0.39, 0.29) is 40.0 Å². The lowest BCUT2D eigenvalue weighted by Gasteiger charge is -2.21. The molecule has 1 aromatic heterocycles. The molecule has 0 unspecified atom stereocenters. The van der Waals surface area contributed by atoms with Crippen molar-refractivity contribution in [2.24, 2.45) is 0 Å². The second-order valence-electron chi connectivity index (χ2n) is 7.81. The van der Waals surface area contributed by atoms with Crippen LogP contribution in [0.5, 0.6) is 0 Å². The number of hydrogen-bond donors (Lipinski definition) is 0. The molecule has 33 heavy (non-hydrogen) atoms. The summed E-state index contributed by atoms with van der Waals surface area (Å²) in [7, 11) is 0.250. The Morgan fingerprint density at radius 3 is 2.45 bits per heavy atom. The molecule has 6 nitrogen and oxygen atoms in total. The zero-order valence-corrected chi connectivity index (χ0v) is 20.6. The molecule has 0 fully saturated rings. The molecule has 0 spiro atoms. The predicted molar refractivity (Wildman–Crippen MR) is 128 cm³/mol. The molecule has 0 saturated heterocycles. The van der Waals surface area contributed by atoms with Crippen LogP contribution >= 0.6 is 22.9 Å². The zero-order chi connectivity index (χ0) is 24.2. The number of carbonyl (C=O) groups excluding carboxylic acids is 1. The van der Waals surface area contributed by atoms with Gasteiger partial charge in [0.15, 0.2) is 20.8 Å². The highest BCUT2D eigenvalue weighted by atomic mass is 35.5. The molecule has 1 amide bonds. The Labute approximate surface area is 200 Å².